The topological polar surface area (TPSA) is 107 Å². The molecule has 0 spiro atoms. The lowest BCUT2D eigenvalue weighted by atomic mass is 10.0. The van der Waals surface area contributed by atoms with Crippen molar-refractivity contribution < 1.29 is 19.1 Å². The van der Waals surface area contributed by atoms with E-state index in [2.05, 4.69) is 10.3 Å². The molecule has 8 heteroatoms. The standard InChI is InChI=1S/C25H28N4O4/c1-15(2)12-22(33-19-6-4-17-8-9-27-23(26)20(17)14-19)24(30)28-18-5-7-21(16(3)13-18)29-10-11-32-25(29)31/h4-9,13-15,22H,10-12H2,1-3H3,(H2,26,27)(H,28,30). The predicted octanol–water partition coefficient (Wildman–Crippen LogP) is 4.51. The summed E-state index contributed by atoms with van der Waals surface area (Å²) in [4.78, 5) is 30.7. The van der Waals surface area contributed by atoms with Gasteiger partial charge in [-0.2, -0.15) is 0 Å². The number of pyridine rings is 1. The molecule has 1 atom stereocenters. The molecule has 2 heterocycles. The Kier molecular flexibility index (Phi) is 6.35. The molecular formula is C25H28N4O4. The first-order chi connectivity index (χ1) is 15.8. The summed E-state index contributed by atoms with van der Waals surface area (Å²) in [5.41, 5.74) is 8.27. The van der Waals surface area contributed by atoms with Crippen molar-refractivity contribution in [1.82, 2.24) is 4.98 Å². The summed E-state index contributed by atoms with van der Waals surface area (Å²) in [6.07, 6.45) is 1.16. The van der Waals surface area contributed by atoms with E-state index in [-0.39, 0.29) is 17.9 Å². The summed E-state index contributed by atoms with van der Waals surface area (Å²) in [6.45, 7) is 6.87. The number of anilines is 3. The summed E-state index contributed by atoms with van der Waals surface area (Å²) in [7, 11) is 0. The third kappa shape index (κ3) is 5.00. The largest absolute Gasteiger partial charge is 0.481 e. The van der Waals surface area contributed by atoms with Crippen LogP contribution in [0.25, 0.3) is 10.8 Å². The number of carbonyl (C=O) groups excluding carboxylic acids is 2. The van der Waals surface area contributed by atoms with E-state index in [1.807, 2.05) is 57.2 Å². The van der Waals surface area contributed by atoms with Crippen molar-refractivity contribution in [2.75, 3.05) is 29.1 Å². The summed E-state index contributed by atoms with van der Waals surface area (Å²) >= 11 is 0. The van der Waals surface area contributed by atoms with Crippen LogP contribution in [0.15, 0.2) is 48.7 Å². The number of nitrogen functional groups attached to an aromatic ring is 1. The molecule has 0 aliphatic carbocycles. The molecule has 1 fully saturated rings. The zero-order chi connectivity index (χ0) is 23.5. The highest BCUT2D eigenvalue weighted by molar-refractivity contribution is 5.96. The molecule has 1 aromatic heterocycles. The van der Waals surface area contributed by atoms with Gasteiger partial charge in [-0.1, -0.05) is 19.9 Å². The number of hydrogen-bond acceptors (Lipinski definition) is 6. The van der Waals surface area contributed by atoms with E-state index in [0.717, 1.165) is 22.0 Å². The minimum absolute atomic E-state index is 0.240. The van der Waals surface area contributed by atoms with Crippen molar-refractivity contribution in [2.24, 2.45) is 5.92 Å². The van der Waals surface area contributed by atoms with Crippen LogP contribution in [-0.2, 0) is 9.53 Å². The number of rotatable bonds is 7. The molecule has 1 saturated heterocycles. The number of fused-ring (bicyclic) bond motifs is 1. The molecule has 172 valence electrons. The summed E-state index contributed by atoms with van der Waals surface area (Å²) in [6, 6.07) is 12.9. The molecule has 8 nitrogen and oxygen atoms in total. The smallest absolute Gasteiger partial charge is 0.414 e. The van der Waals surface area contributed by atoms with Crippen LogP contribution in [0, 0.1) is 12.8 Å². The maximum atomic E-state index is 13.1. The summed E-state index contributed by atoms with van der Waals surface area (Å²) in [5.74, 6) is 0.983. The van der Waals surface area contributed by atoms with Crippen molar-refractivity contribution in [2.45, 2.75) is 33.3 Å². The van der Waals surface area contributed by atoms with Crippen LogP contribution in [0.1, 0.15) is 25.8 Å². The van der Waals surface area contributed by atoms with Gasteiger partial charge in [-0.15, -0.1) is 0 Å². The fraction of sp³-hybridized carbons (Fsp3) is 0.320. The molecule has 2 amide bonds. The van der Waals surface area contributed by atoms with Crippen LogP contribution in [0.2, 0.25) is 0 Å². The molecule has 3 aromatic rings. The number of aryl methyl sites for hydroxylation is 1. The van der Waals surface area contributed by atoms with Crippen molar-refractivity contribution in [1.29, 1.82) is 0 Å². The van der Waals surface area contributed by atoms with Crippen LogP contribution in [0.3, 0.4) is 0 Å². The minimum Gasteiger partial charge on any atom is -0.481 e. The zero-order valence-corrected chi connectivity index (χ0v) is 19.0. The Bertz CT molecular complexity index is 1190. The van der Waals surface area contributed by atoms with E-state index in [0.29, 0.717) is 36.8 Å². The molecule has 3 N–H and O–H groups in total. The van der Waals surface area contributed by atoms with E-state index in [1.54, 1.807) is 17.2 Å². The maximum Gasteiger partial charge on any atom is 0.414 e. The highest BCUT2D eigenvalue weighted by Crippen LogP contribution is 2.28. The Morgan fingerprint density at radius 1 is 1.24 bits per heavy atom. The lowest BCUT2D eigenvalue weighted by Gasteiger charge is -2.21. The monoisotopic (exact) mass is 448 g/mol. The number of aromatic nitrogens is 1. The number of nitrogens with zero attached hydrogens (tertiary/aromatic N) is 2. The molecule has 2 aromatic carbocycles. The van der Waals surface area contributed by atoms with Crippen LogP contribution in [0.5, 0.6) is 5.75 Å². The Labute approximate surface area is 192 Å². The number of benzene rings is 2. The van der Waals surface area contributed by atoms with Crippen molar-refractivity contribution >= 4 is 40.0 Å². The normalized spacial score (nSPS) is 14.4. The Hall–Kier alpha value is -3.81. The third-order valence-corrected chi connectivity index (χ3v) is 5.54. The lowest BCUT2D eigenvalue weighted by Crippen LogP contribution is -2.34. The van der Waals surface area contributed by atoms with Gasteiger partial charge in [-0.05, 0) is 66.6 Å². The van der Waals surface area contributed by atoms with Gasteiger partial charge in [-0.3, -0.25) is 9.69 Å². The second-order valence-corrected chi connectivity index (χ2v) is 8.57. The zero-order valence-electron chi connectivity index (χ0n) is 19.0. The number of hydrogen-bond donors (Lipinski definition) is 2. The first-order valence-corrected chi connectivity index (χ1v) is 11.0. The van der Waals surface area contributed by atoms with E-state index in [4.69, 9.17) is 15.2 Å². The molecular weight excluding hydrogens is 420 g/mol. The molecule has 1 aliphatic heterocycles. The van der Waals surface area contributed by atoms with Crippen LogP contribution < -0.4 is 20.7 Å². The maximum absolute atomic E-state index is 13.1. The SMILES string of the molecule is Cc1cc(NC(=O)C(CC(C)C)Oc2ccc3ccnc(N)c3c2)ccc1N1CCOC1=O. The highest BCUT2D eigenvalue weighted by Gasteiger charge is 2.26. The number of ether oxygens (including phenoxy) is 2. The summed E-state index contributed by atoms with van der Waals surface area (Å²) in [5, 5.41) is 4.69. The van der Waals surface area contributed by atoms with Gasteiger partial charge in [0.2, 0.25) is 0 Å². The lowest BCUT2D eigenvalue weighted by molar-refractivity contribution is -0.123. The third-order valence-electron chi connectivity index (χ3n) is 5.54. The van der Waals surface area contributed by atoms with Crippen LogP contribution in [-0.4, -0.2) is 36.2 Å². The number of nitrogens with one attached hydrogen (secondary N) is 1. The Morgan fingerprint density at radius 2 is 2.06 bits per heavy atom. The number of nitrogens with two attached hydrogens (primary N) is 1. The number of carbonyl (C=O) groups is 2. The van der Waals surface area contributed by atoms with Crippen LogP contribution in [0.4, 0.5) is 22.0 Å². The van der Waals surface area contributed by atoms with Gasteiger partial charge in [-0.25, -0.2) is 9.78 Å². The average molecular weight is 449 g/mol. The molecule has 1 aliphatic rings. The Balaban J connectivity index is 1.52. The second kappa shape index (κ2) is 9.36. The molecule has 1 unspecified atom stereocenters. The van der Waals surface area contributed by atoms with E-state index >= 15 is 0 Å². The molecule has 33 heavy (non-hydrogen) atoms. The quantitative estimate of drug-likeness (QED) is 0.551. The number of cyclic esters (lactones) is 1. The van der Waals surface area contributed by atoms with Gasteiger partial charge in [0.25, 0.3) is 5.91 Å². The fourth-order valence-electron chi connectivity index (χ4n) is 3.92. The van der Waals surface area contributed by atoms with Gasteiger partial charge in [0.1, 0.15) is 18.2 Å². The van der Waals surface area contributed by atoms with Gasteiger partial charge in [0, 0.05) is 17.3 Å². The van der Waals surface area contributed by atoms with Gasteiger partial charge < -0.3 is 20.5 Å². The molecule has 4 rings (SSSR count). The van der Waals surface area contributed by atoms with Crippen molar-refractivity contribution in [3.05, 3.63) is 54.2 Å². The predicted molar refractivity (Wildman–Crippen MR) is 129 cm³/mol. The van der Waals surface area contributed by atoms with Gasteiger partial charge in [0.05, 0.1) is 12.2 Å². The Morgan fingerprint density at radius 3 is 2.76 bits per heavy atom. The second-order valence-electron chi connectivity index (χ2n) is 8.57. The summed E-state index contributed by atoms with van der Waals surface area (Å²) < 4.78 is 11.1. The first-order valence-electron chi connectivity index (χ1n) is 11.0. The van der Waals surface area contributed by atoms with E-state index in [9.17, 15) is 9.59 Å². The molecule has 0 radical (unpaired) electrons. The first kappa shape index (κ1) is 22.4. The van der Waals surface area contributed by atoms with Crippen molar-refractivity contribution in [3.63, 3.8) is 0 Å². The molecule has 0 bridgehead atoms. The average Bonchev–Trinajstić information content (AvgIpc) is 3.19. The van der Waals surface area contributed by atoms with Crippen molar-refractivity contribution in [3.8, 4) is 5.75 Å². The fourth-order valence-corrected chi connectivity index (χ4v) is 3.92. The van der Waals surface area contributed by atoms with E-state index in [1.165, 1.54) is 0 Å². The minimum atomic E-state index is -0.686. The number of amides is 2. The van der Waals surface area contributed by atoms with E-state index < -0.39 is 6.10 Å². The highest BCUT2D eigenvalue weighted by atomic mass is 16.6. The van der Waals surface area contributed by atoms with Crippen LogP contribution >= 0.6 is 0 Å². The van der Waals surface area contributed by atoms with Gasteiger partial charge >= 0.3 is 6.09 Å². The van der Waals surface area contributed by atoms with Gasteiger partial charge in [0.15, 0.2) is 6.10 Å². The molecule has 0 saturated carbocycles.